The van der Waals surface area contributed by atoms with Gasteiger partial charge < -0.3 is 9.52 Å². The van der Waals surface area contributed by atoms with Gasteiger partial charge in [-0.05, 0) is 29.6 Å². The van der Waals surface area contributed by atoms with Crippen LogP contribution in [0.1, 0.15) is 10.5 Å². The van der Waals surface area contributed by atoms with E-state index in [2.05, 4.69) is 36.8 Å². The van der Waals surface area contributed by atoms with Crippen molar-refractivity contribution in [1.29, 1.82) is 0 Å². The molecule has 4 nitrogen and oxygen atoms in total. The van der Waals surface area contributed by atoms with Crippen molar-refractivity contribution in [3.8, 4) is 22.1 Å². The summed E-state index contributed by atoms with van der Waals surface area (Å²) in [6.07, 6.45) is 0. The molecule has 1 aromatic carbocycles. The molecule has 0 atom stereocenters. The molecular weight excluding hydrogens is 422 g/mol. The van der Waals surface area contributed by atoms with E-state index in [1.165, 1.54) is 11.3 Å². The fourth-order valence-corrected chi connectivity index (χ4v) is 3.79. The van der Waals surface area contributed by atoms with Gasteiger partial charge >= 0.3 is 5.97 Å². The zero-order valence-corrected chi connectivity index (χ0v) is 14.3. The fourth-order valence-electron chi connectivity index (χ4n) is 1.85. The van der Waals surface area contributed by atoms with E-state index in [0.717, 1.165) is 13.8 Å². The average Bonchev–Trinajstić information content (AvgIpc) is 3.06. The lowest BCUT2D eigenvalue weighted by molar-refractivity contribution is 0.0691. The predicted octanol–water partition coefficient (Wildman–Crippen LogP) is 5.29. The lowest BCUT2D eigenvalue weighted by atomic mass is 10.1. The highest BCUT2D eigenvalue weighted by atomic mass is 79.9. The van der Waals surface area contributed by atoms with Gasteiger partial charge in [0.2, 0.25) is 5.89 Å². The molecule has 106 valence electrons. The first-order valence-corrected chi connectivity index (χ1v) is 8.25. The van der Waals surface area contributed by atoms with Gasteiger partial charge in [-0.25, -0.2) is 9.78 Å². The zero-order valence-electron chi connectivity index (χ0n) is 10.3. The van der Waals surface area contributed by atoms with Crippen LogP contribution in [-0.2, 0) is 0 Å². The Morgan fingerprint density at radius 3 is 2.52 bits per heavy atom. The van der Waals surface area contributed by atoms with E-state index >= 15 is 0 Å². The molecule has 0 radical (unpaired) electrons. The van der Waals surface area contributed by atoms with Crippen LogP contribution in [0.3, 0.4) is 0 Å². The van der Waals surface area contributed by atoms with E-state index in [1.807, 2.05) is 23.6 Å². The molecule has 0 unspecified atom stereocenters. The number of carbonyl (C=O) groups is 1. The molecule has 0 fully saturated rings. The van der Waals surface area contributed by atoms with Crippen molar-refractivity contribution in [3.05, 3.63) is 50.4 Å². The summed E-state index contributed by atoms with van der Waals surface area (Å²) in [5.74, 6) is -0.561. The Kier molecular flexibility index (Phi) is 3.97. The van der Waals surface area contributed by atoms with Crippen molar-refractivity contribution in [2.45, 2.75) is 0 Å². The van der Waals surface area contributed by atoms with Crippen molar-refractivity contribution in [1.82, 2.24) is 4.98 Å². The Hall–Kier alpha value is -1.44. The second kappa shape index (κ2) is 5.75. The van der Waals surface area contributed by atoms with Crippen molar-refractivity contribution in [2.24, 2.45) is 0 Å². The highest BCUT2D eigenvalue weighted by molar-refractivity contribution is 9.11. The number of halogens is 2. The molecule has 0 aliphatic rings. The number of aromatic nitrogens is 1. The minimum absolute atomic E-state index is 0.0941. The first-order chi connectivity index (χ1) is 10.0. The number of rotatable bonds is 3. The number of nitrogens with zero attached hydrogens (tertiary/aromatic N) is 1. The van der Waals surface area contributed by atoms with E-state index in [0.29, 0.717) is 11.5 Å². The number of oxazole rings is 1. The minimum atomic E-state index is -1.12. The van der Waals surface area contributed by atoms with Crippen LogP contribution in [0.15, 0.2) is 49.1 Å². The number of carboxylic acid groups (broad SMARTS) is 1. The van der Waals surface area contributed by atoms with E-state index in [9.17, 15) is 9.90 Å². The van der Waals surface area contributed by atoms with Crippen molar-refractivity contribution in [3.63, 3.8) is 0 Å². The number of hydrogen-bond acceptors (Lipinski definition) is 4. The smallest absolute Gasteiger partial charge is 0.358 e. The second-order valence-corrected chi connectivity index (χ2v) is 6.92. The van der Waals surface area contributed by atoms with Gasteiger partial charge in [0.15, 0.2) is 11.5 Å². The normalized spacial score (nSPS) is 10.8. The van der Waals surface area contributed by atoms with Gasteiger partial charge in [-0.15, -0.1) is 11.3 Å². The van der Waals surface area contributed by atoms with Crippen LogP contribution in [0.5, 0.6) is 0 Å². The van der Waals surface area contributed by atoms with Gasteiger partial charge in [-0.2, -0.15) is 0 Å². The number of aromatic carboxylic acids is 1. The molecule has 0 amide bonds. The third kappa shape index (κ3) is 2.95. The largest absolute Gasteiger partial charge is 0.476 e. The quantitative estimate of drug-likeness (QED) is 0.615. The topological polar surface area (TPSA) is 63.3 Å². The molecule has 1 N–H and O–H groups in total. The lowest BCUT2D eigenvalue weighted by Gasteiger charge is -2.01. The maximum Gasteiger partial charge on any atom is 0.358 e. The molecule has 7 heteroatoms. The summed E-state index contributed by atoms with van der Waals surface area (Å²) in [6.45, 7) is 0. The fraction of sp³-hybridized carbons (Fsp3) is 0. The summed E-state index contributed by atoms with van der Waals surface area (Å²) >= 11 is 8.20. The highest BCUT2D eigenvalue weighted by Gasteiger charge is 2.22. The van der Waals surface area contributed by atoms with Crippen LogP contribution in [0, 0.1) is 0 Å². The monoisotopic (exact) mass is 427 g/mol. The molecular formula is C14H7Br2NO3S. The molecule has 0 aliphatic carbocycles. The van der Waals surface area contributed by atoms with Crippen molar-refractivity contribution in [2.75, 3.05) is 0 Å². The summed E-state index contributed by atoms with van der Waals surface area (Å²) in [5, 5.41) is 11.2. The maximum atomic E-state index is 11.4. The Morgan fingerprint density at radius 2 is 1.95 bits per heavy atom. The lowest BCUT2D eigenvalue weighted by Crippen LogP contribution is -1.98. The third-order valence-corrected chi connectivity index (χ3v) is 4.46. The van der Waals surface area contributed by atoms with Gasteiger partial charge in [-0.1, -0.05) is 37.9 Å². The first kappa shape index (κ1) is 14.5. The molecule has 0 saturated heterocycles. The maximum absolute atomic E-state index is 11.4. The average molecular weight is 429 g/mol. The Balaban J connectivity index is 2.19. The Labute approximate surface area is 140 Å². The van der Waals surface area contributed by atoms with E-state index in [4.69, 9.17) is 4.42 Å². The molecule has 2 aromatic heterocycles. The summed E-state index contributed by atoms with van der Waals surface area (Å²) in [6, 6.07) is 9.13. The van der Waals surface area contributed by atoms with Gasteiger partial charge in [0, 0.05) is 14.5 Å². The number of carboxylic acids is 1. The van der Waals surface area contributed by atoms with Crippen LogP contribution >= 0.6 is 43.2 Å². The summed E-state index contributed by atoms with van der Waals surface area (Å²) in [4.78, 5) is 16.3. The van der Waals surface area contributed by atoms with Gasteiger partial charge in [-0.3, -0.25) is 0 Å². The molecule has 2 heterocycles. The predicted molar refractivity (Wildman–Crippen MR) is 87.6 cm³/mol. The summed E-state index contributed by atoms with van der Waals surface area (Å²) < 4.78 is 7.33. The SMILES string of the molecule is O=C(O)c1nc(-c2cccs2)oc1-c1cc(Br)cc(Br)c1. The number of thiophene rings is 1. The molecule has 21 heavy (non-hydrogen) atoms. The number of hydrogen-bond donors (Lipinski definition) is 1. The molecule has 0 bridgehead atoms. The van der Waals surface area contributed by atoms with E-state index in [-0.39, 0.29) is 11.5 Å². The van der Waals surface area contributed by atoms with Crippen LogP contribution < -0.4 is 0 Å². The van der Waals surface area contributed by atoms with Crippen LogP contribution in [0.25, 0.3) is 22.1 Å². The third-order valence-electron chi connectivity index (χ3n) is 2.69. The molecule has 3 aromatic rings. The van der Waals surface area contributed by atoms with Crippen LogP contribution in [0.2, 0.25) is 0 Å². The van der Waals surface area contributed by atoms with Crippen LogP contribution in [0.4, 0.5) is 0 Å². The standard InChI is InChI=1S/C14H7Br2NO3S/c15-8-4-7(5-9(16)6-8)12-11(14(18)19)17-13(20-12)10-2-1-3-21-10/h1-6H,(H,18,19). The van der Waals surface area contributed by atoms with E-state index in [1.54, 1.807) is 12.1 Å². The summed E-state index contributed by atoms with van der Waals surface area (Å²) in [7, 11) is 0. The Morgan fingerprint density at radius 1 is 1.24 bits per heavy atom. The highest BCUT2D eigenvalue weighted by Crippen LogP contribution is 2.34. The zero-order chi connectivity index (χ0) is 15.0. The van der Waals surface area contributed by atoms with Crippen molar-refractivity contribution < 1.29 is 14.3 Å². The van der Waals surface area contributed by atoms with Gasteiger partial charge in [0.1, 0.15) is 0 Å². The molecule has 0 aliphatic heterocycles. The second-order valence-electron chi connectivity index (χ2n) is 4.14. The Bertz CT molecular complexity index is 791. The molecule has 3 rings (SSSR count). The minimum Gasteiger partial charge on any atom is -0.476 e. The first-order valence-electron chi connectivity index (χ1n) is 5.79. The molecule has 0 saturated carbocycles. The number of benzene rings is 1. The summed E-state index contributed by atoms with van der Waals surface area (Å²) in [5.41, 5.74) is 0.548. The van der Waals surface area contributed by atoms with E-state index < -0.39 is 5.97 Å². The van der Waals surface area contributed by atoms with Gasteiger partial charge in [0.05, 0.1) is 4.88 Å². The van der Waals surface area contributed by atoms with Crippen LogP contribution in [-0.4, -0.2) is 16.1 Å². The van der Waals surface area contributed by atoms with Crippen molar-refractivity contribution >= 4 is 49.2 Å². The van der Waals surface area contributed by atoms with Gasteiger partial charge in [0.25, 0.3) is 0 Å². The molecule has 0 spiro atoms.